The minimum Gasteiger partial charge on any atom is -0.412 e. The van der Waals surface area contributed by atoms with E-state index in [9.17, 15) is 0 Å². The van der Waals surface area contributed by atoms with E-state index in [0.29, 0.717) is 34.9 Å². The van der Waals surface area contributed by atoms with Crippen molar-refractivity contribution >= 4 is 58.3 Å². The number of nitrogens with one attached hydrogen (secondary N) is 2. The van der Waals surface area contributed by atoms with Gasteiger partial charge in [0.15, 0.2) is 0 Å². The smallest absolute Gasteiger partial charge is 0.0639 e. The van der Waals surface area contributed by atoms with Crippen LogP contribution in [-0.4, -0.2) is 34.9 Å². The van der Waals surface area contributed by atoms with E-state index in [1.165, 1.54) is 0 Å². The molecule has 0 aromatic rings. The molecule has 0 bridgehead atoms. The summed E-state index contributed by atoms with van der Waals surface area (Å²) in [4.78, 5) is 0. The molecule has 0 radical (unpaired) electrons. The second kappa shape index (κ2) is 8.76. The van der Waals surface area contributed by atoms with Crippen LogP contribution < -0.4 is 10.6 Å². The van der Waals surface area contributed by atoms with Crippen LogP contribution >= 0.6 is 24.4 Å². The Morgan fingerprint density at radius 1 is 1.00 bits per heavy atom. The van der Waals surface area contributed by atoms with Crippen LogP contribution in [0.15, 0.2) is 0 Å². The zero-order valence-corrected chi connectivity index (χ0v) is 10.1. The fourth-order valence-electron chi connectivity index (χ4n) is 0.553. The molecule has 2 N–H and O–H groups in total. The molecule has 0 saturated carbocycles. The van der Waals surface area contributed by atoms with E-state index in [0.717, 1.165) is 0 Å². The molecule has 3 nitrogen and oxygen atoms in total. The average molecular weight is 254 g/mol. The SMILES string of the molecule is S=C([S-])NCCOCCNC(=S)[S-]. The molecule has 0 spiro atoms. The van der Waals surface area contributed by atoms with Crippen molar-refractivity contribution in [1.29, 1.82) is 0 Å². The Morgan fingerprint density at radius 3 is 1.69 bits per heavy atom. The second-order valence-electron chi connectivity index (χ2n) is 2.04. The molecule has 0 aromatic carbocycles. The summed E-state index contributed by atoms with van der Waals surface area (Å²) in [5.41, 5.74) is 0. The van der Waals surface area contributed by atoms with E-state index >= 15 is 0 Å². The van der Waals surface area contributed by atoms with Crippen molar-refractivity contribution in [2.45, 2.75) is 0 Å². The molecule has 76 valence electrons. The van der Waals surface area contributed by atoms with Crippen LogP contribution in [0.1, 0.15) is 0 Å². The minimum atomic E-state index is 0.369. The van der Waals surface area contributed by atoms with Gasteiger partial charge in [-0.05, 0) is 0 Å². The second-order valence-corrected chi connectivity index (χ2v) is 4.19. The lowest BCUT2D eigenvalue weighted by Crippen LogP contribution is -2.27. The van der Waals surface area contributed by atoms with Crippen molar-refractivity contribution in [2.75, 3.05) is 26.3 Å². The van der Waals surface area contributed by atoms with Gasteiger partial charge in [-0.3, -0.25) is 0 Å². The Labute approximate surface area is 99.8 Å². The fourth-order valence-corrected chi connectivity index (χ4v) is 0.961. The standard InChI is InChI=1S/C6H12N2OS4/c10-5(11)7-1-3-9-4-2-8-6(12)13/h1-4H2,(H2,7,10,11)(H2,8,12,13)/p-2. The Bertz CT molecular complexity index is 158. The van der Waals surface area contributed by atoms with Gasteiger partial charge in [-0.25, -0.2) is 0 Å². The molecule has 0 aromatic heterocycles. The first-order chi connectivity index (χ1) is 6.13. The summed E-state index contributed by atoms with van der Waals surface area (Å²) in [6.45, 7) is 2.42. The maximum atomic E-state index is 5.20. The van der Waals surface area contributed by atoms with Crippen molar-refractivity contribution in [3.05, 3.63) is 0 Å². The van der Waals surface area contributed by atoms with E-state index in [1.54, 1.807) is 0 Å². The molecule has 0 unspecified atom stereocenters. The predicted molar refractivity (Wildman–Crippen MR) is 66.8 cm³/mol. The topological polar surface area (TPSA) is 33.3 Å². The highest BCUT2D eigenvalue weighted by molar-refractivity contribution is 8.00. The molecule has 0 fully saturated rings. The Morgan fingerprint density at radius 2 is 1.38 bits per heavy atom. The lowest BCUT2D eigenvalue weighted by atomic mass is 10.6. The van der Waals surface area contributed by atoms with Gasteiger partial charge in [0.1, 0.15) is 0 Å². The van der Waals surface area contributed by atoms with Crippen LogP contribution in [0.4, 0.5) is 0 Å². The summed E-state index contributed by atoms with van der Waals surface area (Å²) >= 11 is 18.5. The summed E-state index contributed by atoms with van der Waals surface area (Å²) in [6.07, 6.45) is 0. The molecule has 0 aliphatic carbocycles. The average Bonchev–Trinajstić information content (AvgIpc) is 2.01. The number of thiocarbonyl (C=S) groups is 2. The summed E-state index contributed by atoms with van der Waals surface area (Å²) in [5.74, 6) is 0. The Hall–Kier alpha value is 0.180. The highest BCUT2D eigenvalue weighted by Gasteiger charge is 1.86. The van der Waals surface area contributed by atoms with E-state index in [-0.39, 0.29) is 0 Å². The predicted octanol–water partition coefficient (Wildman–Crippen LogP) is -0.154. The molecule has 0 aliphatic heterocycles. The van der Waals surface area contributed by atoms with E-state index < -0.39 is 0 Å². The van der Waals surface area contributed by atoms with Gasteiger partial charge in [0, 0.05) is 13.1 Å². The maximum absolute atomic E-state index is 5.20. The third kappa shape index (κ3) is 12.2. The van der Waals surface area contributed by atoms with Gasteiger partial charge in [0.25, 0.3) is 0 Å². The third-order valence-electron chi connectivity index (χ3n) is 1.03. The van der Waals surface area contributed by atoms with Gasteiger partial charge in [-0.1, -0.05) is 8.64 Å². The Balaban J connectivity index is 3.00. The summed E-state index contributed by atoms with van der Waals surface area (Å²) in [7, 11) is 0. The molecule has 0 atom stereocenters. The lowest BCUT2D eigenvalue weighted by Gasteiger charge is -2.11. The quantitative estimate of drug-likeness (QED) is 0.387. The first-order valence-electron chi connectivity index (χ1n) is 3.60. The maximum Gasteiger partial charge on any atom is 0.0639 e. The van der Waals surface area contributed by atoms with E-state index in [4.69, 9.17) is 4.74 Å². The van der Waals surface area contributed by atoms with Crippen LogP contribution in [0.3, 0.4) is 0 Å². The van der Waals surface area contributed by atoms with Gasteiger partial charge in [-0.15, -0.1) is 0 Å². The largest absolute Gasteiger partial charge is 0.412 e. The molecular formula is C6H10N2OS4-2. The number of hydrogen-bond acceptors (Lipinski definition) is 5. The molecule has 13 heavy (non-hydrogen) atoms. The van der Waals surface area contributed by atoms with Crippen LogP contribution in [0.2, 0.25) is 0 Å². The fraction of sp³-hybridized carbons (Fsp3) is 0.667. The van der Waals surface area contributed by atoms with Crippen LogP contribution in [0.5, 0.6) is 0 Å². The van der Waals surface area contributed by atoms with Crippen molar-refractivity contribution in [1.82, 2.24) is 10.6 Å². The molecule has 0 heterocycles. The highest BCUT2D eigenvalue weighted by atomic mass is 32.1. The number of ether oxygens (including phenoxy) is 1. The molecule has 0 aliphatic rings. The first kappa shape index (κ1) is 13.2. The lowest BCUT2D eigenvalue weighted by molar-refractivity contribution is 0.144. The van der Waals surface area contributed by atoms with Gasteiger partial charge < -0.3 is 65.1 Å². The minimum absolute atomic E-state index is 0.369. The zero-order valence-electron chi connectivity index (χ0n) is 6.87. The van der Waals surface area contributed by atoms with Crippen molar-refractivity contribution in [3.63, 3.8) is 0 Å². The van der Waals surface area contributed by atoms with Crippen LogP contribution in [-0.2, 0) is 30.0 Å². The number of rotatable bonds is 6. The van der Waals surface area contributed by atoms with E-state index in [2.05, 4.69) is 60.3 Å². The normalized spacial score (nSPS) is 9.23. The van der Waals surface area contributed by atoms with Crippen molar-refractivity contribution in [3.8, 4) is 0 Å². The molecule has 0 saturated heterocycles. The van der Waals surface area contributed by atoms with Gasteiger partial charge in [0.2, 0.25) is 0 Å². The van der Waals surface area contributed by atoms with Crippen LogP contribution in [0, 0.1) is 0 Å². The zero-order chi connectivity index (χ0) is 10.1. The summed E-state index contributed by atoms with van der Waals surface area (Å²) in [5, 5.41) is 5.60. The molecule has 7 heteroatoms. The van der Waals surface area contributed by atoms with E-state index in [1.807, 2.05) is 0 Å². The first-order valence-corrected chi connectivity index (χ1v) is 5.23. The summed E-state index contributed by atoms with van der Waals surface area (Å²) < 4.78 is 5.94. The molecule has 0 rings (SSSR count). The van der Waals surface area contributed by atoms with Gasteiger partial charge in [0.05, 0.1) is 13.2 Å². The van der Waals surface area contributed by atoms with Gasteiger partial charge in [-0.2, -0.15) is 0 Å². The Kier molecular flexibility index (Phi) is 8.89. The molecule has 0 amide bonds. The summed E-state index contributed by atoms with van der Waals surface area (Å²) in [6, 6.07) is 0. The van der Waals surface area contributed by atoms with Crippen LogP contribution in [0.25, 0.3) is 0 Å². The monoisotopic (exact) mass is 254 g/mol. The van der Waals surface area contributed by atoms with Crippen molar-refractivity contribution < 1.29 is 4.74 Å². The number of hydrogen-bond donors (Lipinski definition) is 2. The van der Waals surface area contributed by atoms with Gasteiger partial charge >= 0.3 is 0 Å². The highest BCUT2D eigenvalue weighted by Crippen LogP contribution is 1.74. The third-order valence-corrected chi connectivity index (χ3v) is 1.61. The molecular weight excluding hydrogens is 244 g/mol. The van der Waals surface area contributed by atoms with Crippen molar-refractivity contribution in [2.24, 2.45) is 0 Å².